The molecule has 10 heteroatoms. The van der Waals surface area contributed by atoms with E-state index < -0.39 is 10.0 Å². The Bertz CT molecular complexity index is 644. The Morgan fingerprint density at radius 1 is 1.23 bits per heavy atom. The Balaban J connectivity index is 0.00000625. The molecule has 150 valence electrons. The lowest BCUT2D eigenvalue weighted by Gasteiger charge is -2.12. The second-order valence-corrected chi connectivity index (χ2v) is 7.30. The monoisotopic (exact) mass is 518 g/mol. The Morgan fingerprint density at radius 3 is 2.65 bits per heavy atom. The van der Waals surface area contributed by atoms with Crippen LogP contribution in [0.25, 0.3) is 0 Å². The van der Waals surface area contributed by atoms with E-state index in [0.29, 0.717) is 37.3 Å². The Morgan fingerprint density at radius 2 is 2.00 bits per heavy atom. The third-order valence-corrected chi connectivity index (χ3v) is 4.77. The molecular weight excluding hydrogens is 491 g/mol. The Hall–Kier alpha value is -0.620. The summed E-state index contributed by atoms with van der Waals surface area (Å²) in [7, 11) is -3.57. The highest BCUT2D eigenvalue weighted by molar-refractivity contribution is 14.0. The van der Waals surface area contributed by atoms with Crippen molar-refractivity contribution >= 4 is 51.6 Å². The molecule has 1 aromatic carbocycles. The molecule has 0 amide bonds. The van der Waals surface area contributed by atoms with E-state index in [1.54, 1.807) is 12.1 Å². The molecule has 0 radical (unpaired) electrons. The van der Waals surface area contributed by atoms with Gasteiger partial charge in [0.1, 0.15) is 0 Å². The maximum Gasteiger partial charge on any atom is 0.240 e. The van der Waals surface area contributed by atoms with Crippen molar-refractivity contribution in [3.63, 3.8) is 0 Å². The lowest BCUT2D eigenvalue weighted by Crippen LogP contribution is -2.41. The zero-order valence-corrected chi connectivity index (χ0v) is 19.0. The van der Waals surface area contributed by atoms with Crippen molar-refractivity contribution in [1.82, 2.24) is 15.4 Å². The third-order valence-electron chi connectivity index (χ3n) is 3.08. The fourth-order valence-corrected chi connectivity index (χ4v) is 3.26. The number of aliphatic imine (C=N–C) groups is 1. The van der Waals surface area contributed by atoms with E-state index in [0.717, 1.165) is 13.0 Å². The summed E-state index contributed by atoms with van der Waals surface area (Å²) in [5.74, 6) is 0.654. The molecule has 0 aliphatic heterocycles. The molecular formula is C16H28ClIN4O3S. The van der Waals surface area contributed by atoms with E-state index >= 15 is 0 Å². The summed E-state index contributed by atoms with van der Waals surface area (Å²) < 4.78 is 32.1. The van der Waals surface area contributed by atoms with Crippen LogP contribution in [0.1, 0.15) is 20.3 Å². The number of benzene rings is 1. The summed E-state index contributed by atoms with van der Waals surface area (Å²) in [6, 6.07) is 6.16. The fraction of sp³-hybridized carbons (Fsp3) is 0.562. The normalized spacial score (nSPS) is 11.7. The summed E-state index contributed by atoms with van der Waals surface area (Å²) >= 11 is 5.83. The predicted molar refractivity (Wildman–Crippen MR) is 117 cm³/mol. The second kappa shape index (κ2) is 14.4. The van der Waals surface area contributed by atoms with E-state index in [1.807, 2.05) is 13.8 Å². The second-order valence-electron chi connectivity index (χ2n) is 5.09. The highest BCUT2D eigenvalue weighted by Crippen LogP contribution is 2.14. The van der Waals surface area contributed by atoms with Gasteiger partial charge in [0.15, 0.2) is 5.96 Å². The summed E-state index contributed by atoms with van der Waals surface area (Å²) in [5.41, 5.74) is 0. The molecule has 0 heterocycles. The van der Waals surface area contributed by atoms with Crippen LogP contribution in [0.3, 0.4) is 0 Å². The van der Waals surface area contributed by atoms with E-state index in [2.05, 4.69) is 20.3 Å². The third kappa shape index (κ3) is 10.5. The van der Waals surface area contributed by atoms with Gasteiger partial charge in [-0.25, -0.2) is 13.1 Å². The smallest absolute Gasteiger partial charge is 0.240 e. The molecule has 0 atom stereocenters. The number of nitrogens with one attached hydrogen (secondary N) is 3. The maximum absolute atomic E-state index is 12.2. The zero-order chi connectivity index (χ0) is 18.5. The highest BCUT2D eigenvalue weighted by atomic mass is 127. The van der Waals surface area contributed by atoms with Gasteiger partial charge in [-0.2, -0.15) is 0 Å². The standard InChI is InChI=1S/C16H27ClN4O3S.HI/c1-3-18-16(19-9-6-12-24-4-2)20-10-11-21-25(22,23)15-8-5-7-14(17)13-15;/h5,7-8,13,21H,3-4,6,9-12H2,1-2H3,(H2,18,19,20);1H. The average Bonchev–Trinajstić information content (AvgIpc) is 2.58. The van der Waals surface area contributed by atoms with Crippen molar-refractivity contribution in [2.75, 3.05) is 39.4 Å². The molecule has 0 saturated carbocycles. The molecule has 7 nitrogen and oxygen atoms in total. The molecule has 1 rings (SSSR count). The largest absolute Gasteiger partial charge is 0.382 e. The fourth-order valence-electron chi connectivity index (χ4n) is 1.93. The average molecular weight is 519 g/mol. The summed E-state index contributed by atoms with van der Waals surface area (Å²) in [5, 5.41) is 6.59. The van der Waals surface area contributed by atoms with Gasteiger partial charge in [0.2, 0.25) is 10.0 Å². The molecule has 0 aromatic heterocycles. The van der Waals surface area contributed by atoms with E-state index in [-0.39, 0.29) is 35.4 Å². The molecule has 3 N–H and O–H groups in total. The van der Waals surface area contributed by atoms with Gasteiger partial charge in [-0.15, -0.1) is 24.0 Å². The number of guanidine groups is 1. The van der Waals surface area contributed by atoms with Gasteiger partial charge in [0.05, 0.1) is 4.90 Å². The molecule has 0 spiro atoms. The van der Waals surface area contributed by atoms with Gasteiger partial charge in [-0.3, -0.25) is 4.99 Å². The molecule has 0 bridgehead atoms. The van der Waals surface area contributed by atoms with Crippen molar-refractivity contribution < 1.29 is 13.2 Å². The molecule has 26 heavy (non-hydrogen) atoms. The van der Waals surface area contributed by atoms with E-state index in [9.17, 15) is 8.42 Å². The van der Waals surface area contributed by atoms with Crippen LogP contribution in [0.5, 0.6) is 0 Å². The number of hydrogen-bond donors (Lipinski definition) is 3. The van der Waals surface area contributed by atoms with Crippen molar-refractivity contribution in [3.05, 3.63) is 29.3 Å². The van der Waals surface area contributed by atoms with E-state index in [4.69, 9.17) is 16.3 Å². The summed E-state index contributed by atoms with van der Waals surface area (Å²) in [4.78, 5) is 4.56. The number of nitrogens with zero attached hydrogens (tertiary/aromatic N) is 1. The van der Waals surface area contributed by atoms with Crippen molar-refractivity contribution in [1.29, 1.82) is 0 Å². The molecule has 0 fully saturated rings. The van der Waals surface area contributed by atoms with Gasteiger partial charge >= 0.3 is 0 Å². The highest BCUT2D eigenvalue weighted by Gasteiger charge is 2.13. The molecule has 1 aromatic rings. The molecule has 0 saturated heterocycles. The van der Waals surface area contributed by atoms with Gasteiger partial charge in [0, 0.05) is 44.4 Å². The minimum absolute atomic E-state index is 0. The van der Waals surface area contributed by atoms with Crippen LogP contribution in [0, 0.1) is 0 Å². The van der Waals surface area contributed by atoms with Crippen molar-refractivity contribution in [2.45, 2.75) is 25.2 Å². The minimum Gasteiger partial charge on any atom is -0.382 e. The number of ether oxygens (including phenoxy) is 1. The van der Waals surface area contributed by atoms with Crippen LogP contribution in [0.4, 0.5) is 0 Å². The summed E-state index contributed by atoms with van der Waals surface area (Å²) in [6.45, 7) is 7.33. The van der Waals surface area contributed by atoms with Gasteiger partial charge in [-0.1, -0.05) is 17.7 Å². The van der Waals surface area contributed by atoms with Gasteiger partial charge in [-0.05, 0) is 38.5 Å². The number of hydrogen-bond acceptors (Lipinski definition) is 4. The lowest BCUT2D eigenvalue weighted by molar-refractivity contribution is 0.146. The quantitative estimate of drug-likeness (QED) is 0.181. The van der Waals surface area contributed by atoms with Crippen molar-refractivity contribution in [2.24, 2.45) is 4.99 Å². The van der Waals surface area contributed by atoms with E-state index in [1.165, 1.54) is 12.1 Å². The van der Waals surface area contributed by atoms with Gasteiger partial charge < -0.3 is 15.4 Å². The van der Waals surface area contributed by atoms with Gasteiger partial charge in [0.25, 0.3) is 0 Å². The SMILES string of the molecule is CCNC(=NCCCOCC)NCCNS(=O)(=O)c1cccc(Cl)c1.I. The van der Waals surface area contributed by atoms with Crippen LogP contribution in [-0.4, -0.2) is 53.8 Å². The molecule has 0 unspecified atom stereocenters. The first-order valence-corrected chi connectivity index (χ1v) is 10.2. The zero-order valence-electron chi connectivity index (χ0n) is 15.1. The summed E-state index contributed by atoms with van der Waals surface area (Å²) in [6.07, 6.45) is 0.839. The first-order chi connectivity index (χ1) is 12.0. The molecule has 0 aliphatic rings. The lowest BCUT2D eigenvalue weighted by atomic mass is 10.4. The first-order valence-electron chi connectivity index (χ1n) is 8.34. The van der Waals surface area contributed by atoms with Crippen LogP contribution >= 0.6 is 35.6 Å². The Labute approximate surface area is 178 Å². The van der Waals surface area contributed by atoms with Crippen molar-refractivity contribution in [3.8, 4) is 0 Å². The maximum atomic E-state index is 12.2. The number of halogens is 2. The van der Waals surface area contributed by atoms with Crippen LogP contribution < -0.4 is 15.4 Å². The predicted octanol–water partition coefficient (Wildman–Crippen LogP) is 2.22. The number of rotatable bonds is 11. The minimum atomic E-state index is -3.57. The van der Waals surface area contributed by atoms with Crippen LogP contribution in [-0.2, 0) is 14.8 Å². The first kappa shape index (κ1) is 25.4. The molecule has 0 aliphatic carbocycles. The Kier molecular flexibility index (Phi) is 14.1. The van der Waals surface area contributed by atoms with Crippen LogP contribution in [0.2, 0.25) is 5.02 Å². The number of sulfonamides is 1. The van der Waals surface area contributed by atoms with Crippen LogP contribution in [0.15, 0.2) is 34.2 Å². The topological polar surface area (TPSA) is 91.8 Å².